The number of aromatic nitrogens is 1. The molecule has 3 rings (SSSR count). The Morgan fingerprint density at radius 3 is 2.50 bits per heavy atom. The summed E-state index contributed by atoms with van der Waals surface area (Å²) < 4.78 is 1.05. The van der Waals surface area contributed by atoms with E-state index in [1.165, 1.54) is 19.3 Å². The number of hydrogen-bond acceptors (Lipinski definition) is 3. The third-order valence-corrected chi connectivity index (χ3v) is 4.43. The molecule has 1 aromatic carbocycles. The van der Waals surface area contributed by atoms with Gasteiger partial charge in [-0.3, -0.25) is 4.98 Å². The first-order valence-corrected chi connectivity index (χ1v) is 8.52. The molecule has 1 saturated carbocycles. The molecule has 1 heterocycles. The molecule has 0 unspecified atom stereocenters. The quantitative estimate of drug-likeness (QED) is 0.572. The van der Waals surface area contributed by atoms with Crippen molar-refractivity contribution >= 4 is 21.6 Å². The second kappa shape index (κ2) is 7.54. The molecule has 1 fully saturated rings. The molecule has 22 heavy (non-hydrogen) atoms. The molecule has 114 valence electrons. The van der Waals surface area contributed by atoms with Gasteiger partial charge in [0.1, 0.15) is 11.8 Å². The van der Waals surface area contributed by atoms with E-state index < -0.39 is 0 Å². The van der Waals surface area contributed by atoms with Gasteiger partial charge in [-0.1, -0.05) is 39.6 Å². The highest BCUT2D eigenvalue weighted by Crippen LogP contribution is 2.21. The molecule has 3 nitrogen and oxygen atoms in total. The number of pyridine rings is 1. The highest BCUT2D eigenvalue weighted by atomic mass is 79.9. The van der Waals surface area contributed by atoms with Crippen molar-refractivity contribution < 1.29 is 4.84 Å². The fourth-order valence-electron chi connectivity index (χ4n) is 2.68. The van der Waals surface area contributed by atoms with Crippen LogP contribution in [0.2, 0.25) is 0 Å². The molecule has 0 saturated heterocycles. The van der Waals surface area contributed by atoms with Gasteiger partial charge in [0.25, 0.3) is 0 Å². The summed E-state index contributed by atoms with van der Waals surface area (Å²) in [6.45, 7) is 0. The number of halogens is 1. The maximum absolute atomic E-state index is 5.83. The molecule has 0 amide bonds. The molecule has 2 aromatic rings. The number of nitrogens with zero attached hydrogens (tertiary/aromatic N) is 2. The molecule has 0 aliphatic heterocycles. The normalized spacial score (nSPS) is 16.5. The predicted molar refractivity (Wildman–Crippen MR) is 92.0 cm³/mol. The Morgan fingerprint density at radius 2 is 1.82 bits per heavy atom. The molecule has 1 aliphatic carbocycles. The summed E-state index contributed by atoms with van der Waals surface area (Å²) in [5, 5.41) is 4.48. The van der Waals surface area contributed by atoms with Crippen molar-refractivity contribution in [3.05, 3.63) is 64.4 Å². The smallest absolute Gasteiger partial charge is 0.127 e. The topological polar surface area (TPSA) is 34.5 Å². The van der Waals surface area contributed by atoms with Crippen LogP contribution in [0.3, 0.4) is 0 Å². The van der Waals surface area contributed by atoms with E-state index in [1.807, 2.05) is 42.6 Å². The summed E-state index contributed by atoms with van der Waals surface area (Å²) in [5.74, 6) is 0. The summed E-state index contributed by atoms with van der Waals surface area (Å²) in [5.41, 5.74) is 2.85. The molecule has 1 aromatic heterocycles. The monoisotopic (exact) mass is 358 g/mol. The minimum Gasteiger partial charge on any atom is -0.392 e. The van der Waals surface area contributed by atoms with Gasteiger partial charge in [0.05, 0.1) is 0 Å². The van der Waals surface area contributed by atoms with Crippen molar-refractivity contribution in [2.45, 2.75) is 38.2 Å². The van der Waals surface area contributed by atoms with Gasteiger partial charge in [-0.15, -0.1) is 0 Å². The Hall–Kier alpha value is -1.68. The van der Waals surface area contributed by atoms with Crippen molar-refractivity contribution in [1.29, 1.82) is 0 Å². The number of rotatable bonds is 4. The van der Waals surface area contributed by atoms with Crippen LogP contribution in [0, 0.1) is 0 Å². The van der Waals surface area contributed by atoms with Crippen LogP contribution in [0.15, 0.2) is 58.4 Å². The lowest BCUT2D eigenvalue weighted by molar-refractivity contribution is 0.0332. The number of oxime groups is 1. The first kappa shape index (κ1) is 15.2. The van der Waals surface area contributed by atoms with Crippen LogP contribution in [-0.2, 0) is 4.84 Å². The minimum atomic E-state index is 0.246. The summed E-state index contributed by atoms with van der Waals surface area (Å²) >= 11 is 3.47. The molecule has 0 N–H and O–H groups in total. The Labute approximate surface area is 139 Å². The SMILES string of the molecule is Brc1ccc(C(=NOC2CCCCC2)c2cccnc2)cc1. The molecule has 0 radical (unpaired) electrons. The molecular formula is C18H19BrN2O. The third kappa shape index (κ3) is 3.95. The second-order valence-electron chi connectivity index (χ2n) is 5.55. The van der Waals surface area contributed by atoms with Crippen molar-refractivity contribution in [1.82, 2.24) is 4.98 Å². The van der Waals surface area contributed by atoms with Crippen LogP contribution in [0.4, 0.5) is 0 Å². The average Bonchev–Trinajstić information content (AvgIpc) is 2.58. The standard InChI is InChI=1S/C18H19BrN2O/c19-16-10-8-14(9-11-16)18(15-5-4-12-20-13-15)21-22-17-6-2-1-3-7-17/h4-5,8-13,17H,1-3,6-7H2. The van der Waals surface area contributed by atoms with E-state index in [2.05, 4.69) is 26.1 Å². The zero-order valence-corrected chi connectivity index (χ0v) is 14.0. The summed E-state index contributed by atoms with van der Waals surface area (Å²) in [6.07, 6.45) is 9.83. The van der Waals surface area contributed by atoms with Gasteiger partial charge < -0.3 is 4.84 Å². The zero-order chi connectivity index (χ0) is 15.2. The van der Waals surface area contributed by atoms with Crippen LogP contribution in [0.5, 0.6) is 0 Å². The summed E-state index contributed by atoms with van der Waals surface area (Å²) in [6, 6.07) is 12.0. The van der Waals surface area contributed by atoms with Gasteiger partial charge in [0.15, 0.2) is 0 Å². The van der Waals surface area contributed by atoms with Crippen LogP contribution in [0.1, 0.15) is 43.2 Å². The highest BCUT2D eigenvalue weighted by Gasteiger charge is 2.15. The lowest BCUT2D eigenvalue weighted by atomic mass is 9.98. The van der Waals surface area contributed by atoms with Crippen LogP contribution in [-0.4, -0.2) is 16.8 Å². The van der Waals surface area contributed by atoms with Crippen molar-refractivity contribution in [3.8, 4) is 0 Å². The lowest BCUT2D eigenvalue weighted by Crippen LogP contribution is -2.15. The fourth-order valence-corrected chi connectivity index (χ4v) is 2.94. The summed E-state index contributed by atoms with van der Waals surface area (Å²) in [4.78, 5) is 10.0. The van der Waals surface area contributed by atoms with Gasteiger partial charge in [0, 0.05) is 28.0 Å². The first-order valence-electron chi connectivity index (χ1n) is 7.73. The average molecular weight is 359 g/mol. The summed E-state index contributed by atoms with van der Waals surface area (Å²) in [7, 11) is 0. The van der Waals surface area contributed by atoms with Gasteiger partial charge in [-0.05, 0) is 49.9 Å². The fraction of sp³-hybridized carbons (Fsp3) is 0.333. The number of hydrogen-bond donors (Lipinski definition) is 0. The lowest BCUT2D eigenvalue weighted by Gasteiger charge is -2.20. The van der Waals surface area contributed by atoms with E-state index in [0.29, 0.717) is 0 Å². The van der Waals surface area contributed by atoms with Gasteiger partial charge in [-0.25, -0.2) is 0 Å². The zero-order valence-electron chi connectivity index (χ0n) is 12.4. The molecule has 4 heteroatoms. The van der Waals surface area contributed by atoms with E-state index in [0.717, 1.165) is 34.2 Å². The van der Waals surface area contributed by atoms with Crippen molar-refractivity contribution in [2.24, 2.45) is 5.16 Å². The molecule has 1 aliphatic rings. The molecule has 0 spiro atoms. The van der Waals surface area contributed by atoms with Crippen molar-refractivity contribution in [2.75, 3.05) is 0 Å². The van der Waals surface area contributed by atoms with Gasteiger partial charge in [-0.2, -0.15) is 0 Å². The van der Waals surface area contributed by atoms with Crippen molar-refractivity contribution in [3.63, 3.8) is 0 Å². The minimum absolute atomic E-state index is 0.246. The van der Waals surface area contributed by atoms with E-state index in [4.69, 9.17) is 4.84 Å². The van der Waals surface area contributed by atoms with Crippen LogP contribution in [0.25, 0.3) is 0 Å². The second-order valence-corrected chi connectivity index (χ2v) is 6.47. The van der Waals surface area contributed by atoms with E-state index >= 15 is 0 Å². The van der Waals surface area contributed by atoms with Gasteiger partial charge in [0.2, 0.25) is 0 Å². The first-order chi connectivity index (χ1) is 10.8. The van der Waals surface area contributed by atoms with Crippen LogP contribution < -0.4 is 0 Å². The van der Waals surface area contributed by atoms with Gasteiger partial charge >= 0.3 is 0 Å². The molecule has 0 atom stereocenters. The molecule has 0 bridgehead atoms. The largest absolute Gasteiger partial charge is 0.392 e. The molecular weight excluding hydrogens is 340 g/mol. The predicted octanol–water partition coefficient (Wildman–Crippen LogP) is 4.95. The third-order valence-electron chi connectivity index (χ3n) is 3.90. The van der Waals surface area contributed by atoms with E-state index in [9.17, 15) is 0 Å². The Kier molecular flexibility index (Phi) is 5.22. The highest BCUT2D eigenvalue weighted by molar-refractivity contribution is 9.10. The number of benzene rings is 1. The Morgan fingerprint density at radius 1 is 1.05 bits per heavy atom. The Bertz CT molecular complexity index is 619. The Balaban J connectivity index is 1.87. The maximum atomic E-state index is 5.83. The van der Waals surface area contributed by atoms with Crippen LogP contribution >= 0.6 is 15.9 Å². The van der Waals surface area contributed by atoms with E-state index in [-0.39, 0.29) is 6.10 Å². The van der Waals surface area contributed by atoms with E-state index in [1.54, 1.807) is 6.20 Å². The maximum Gasteiger partial charge on any atom is 0.127 e.